The molecule has 0 saturated heterocycles. The van der Waals surface area contributed by atoms with Gasteiger partial charge in [-0.05, 0) is 13.0 Å². The smallest absolute Gasteiger partial charge is 0.397 e. The number of furan rings is 1. The number of aromatic nitrogens is 3. The van der Waals surface area contributed by atoms with Gasteiger partial charge in [-0.3, -0.25) is 14.7 Å². The third kappa shape index (κ3) is 2.32. The average Bonchev–Trinajstić information content (AvgIpc) is 2.93. The summed E-state index contributed by atoms with van der Waals surface area (Å²) >= 11 is 0. The number of primary sulfonamides is 1. The zero-order valence-corrected chi connectivity index (χ0v) is 10.5. The molecule has 0 aromatic carbocycles. The summed E-state index contributed by atoms with van der Waals surface area (Å²) in [6.45, 7) is 1.86. The molecule has 0 unspecified atom stereocenters. The van der Waals surface area contributed by atoms with Gasteiger partial charge in [-0.1, -0.05) is 0 Å². The summed E-state index contributed by atoms with van der Waals surface area (Å²) in [7, 11) is -4.03. The van der Waals surface area contributed by atoms with Crippen LogP contribution in [0.1, 0.15) is 6.92 Å². The number of nitrogens with two attached hydrogens (primary N) is 1. The van der Waals surface area contributed by atoms with E-state index in [2.05, 4.69) is 10.2 Å². The molecular formula is C8H9N5O5S. The van der Waals surface area contributed by atoms with Gasteiger partial charge in [0, 0.05) is 6.54 Å². The van der Waals surface area contributed by atoms with Gasteiger partial charge in [0.05, 0.1) is 6.07 Å². The van der Waals surface area contributed by atoms with Crippen LogP contribution in [0.25, 0.3) is 11.6 Å². The largest absolute Gasteiger partial charge is 0.433 e. The first-order chi connectivity index (χ1) is 8.84. The second-order valence-electron chi connectivity index (χ2n) is 3.49. The molecule has 0 aliphatic rings. The number of sulfonamides is 1. The molecule has 0 fully saturated rings. The molecule has 19 heavy (non-hydrogen) atoms. The van der Waals surface area contributed by atoms with Crippen molar-refractivity contribution in [2.45, 2.75) is 18.6 Å². The monoisotopic (exact) mass is 287 g/mol. The third-order valence-electron chi connectivity index (χ3n) is 2.28. The fourth-order valence-corrected chi connectivity index (χ4v) is 2.19. The van der Waals surface area contributed by atoms with E-state index in [9.17, 15) is 18.5 Å². The Kier molecular flexibility index (Phi) is 3.08. The lowest BCUT2D eigenvalue weighted by Gasteiger charge is -2.03. The van der Waals surface area contributed by atoms with E-state index in [0.717, 1.165) is 6.07 Å². The normalized spacial score (nSPS) is 11.7. The average molecular weight is 287 g/mol. The summed E-state index contributed by atoms with van der Waals surface area (Å²) in [5.74, 6) is -0.381. The molecule has 0 bridgehead atoms. The number of nitro groups is 1. The molecule has 2 aromatic heterocycles. The lowest BCUT2D eigenvalue weighted by molar-refractivity contribution is -0.401. The zero-order chi connectivity index (χ0) is 14.2. The van der Waals surface area contributed by atoms with Crippen LogP contribution >= 0.6 is 0 Å². The van der Waals surface area contributed by atoms with E-state index in [0.29, 0.717) is 0 Å². The summed E-state index contributed by atoms with van der Waals surface area (Å²) in [5, 5.41) is 22.2. The molecular weight excluding hydrogens is 278 g/mol. The fourth-order valence-electron chi connectivity index (χ4n) is 1.51. The maximum atomic E-state index is 11.3. The Labute approximate surface area is 107 Å². The second-order valence-corrected chi connectivity index (χ2v) is 4.95. The van der Waals surface area contributed by atoms with E-state index in [1.807, 2.05) is 0 Å². The molecule has 0 radical (unpaired) electrons. The SMILES string of the molecule is CCn1c(-c2ccc([N+](=O)[O-])o2)nnc1S(N)(=O)=O. The second kappa shape index (κ2) is 4.44. The third-order valence-corrected chi connectivity index (χ3v) is 3.09. The topological polar surface area (TPSA) is 147 Å². The highest BCUT2D eigenvalue weighted by atomic mass is 32.2. The first kappa shape index (κ1) is 13.2. The van der Waals surface area contributed by atoms with Gasteiger partial charge >= 0.3 is 5.88 Å². The lowest BCUT2D eigenvalue weighted by Crippen LogP contribution is -2.18. The fraction of sp³-hybridized carbons (Fsp3) is 0.250. The first-order valence-corrected chi connectivity index (χ1v) is 6.59. The predicted octanol–water partition coefficient (Wildman–Crippen LogP) is 0.114. The molecule has 0 aliphatic carbocycles. The van der Waals surface area contributed by atoms with Crippen LogP contribution in [0.2, 0.25) is 0 Å². The molecule has 0 aliphatic heterocycles. The zero-order valence-electron chi connectivity index (χ0n) is 9.68. The van der Waals surface area contributed by atoms with Crippen molar-refractivity contribution in [3.8, 4) is 11.6 Å². The number of hydrogen-bond acceptors (Lipinski definition) is 7. The van der Waals surface area contributed by atoms with Crippen molar-refractivity contribution in [2.24, 2.45) is 5.14 Å². The predicted molar refractivity (Wildman–Crippen MR) is 61.4 cm³/mol. The van der Waals surface area contributed by atoms with Crippen molar-refractivity contribution in [3.05, 3.63) is 22.2 Å². The Bertz CT molecular complexity index is 731. The van der Waals surface area contributed by atoms with Crippen LogP contribution in [0.3, 0.4) is 0 Å². The summed E-state index contributed by atoms with van der Waals surface area (Å²) in [6, 6.07) is 2.45. The van der Waals surface area contributed by atoms with E-state index in [1.54, 1.807) is 6.92 Å². The van der Waals surface area contributed by atoms with Gasteiger partial charge in [0.25, 0.3) is 15.2 Å². The Morgan fingerprint density at radius 3 is 2.63 bits per heavy atom. The van der Waals surface area contributed by atoms with Gasteiger partial charge in [-0.25, -0.2) is 13.6 Å². The molecule has 0 amide bonds. The van der Waals surface area contributed by atoms with Crippen molar-refractivity contribution in [3.63, 3.8) is 0 Å². The minimum Gasteiger partial charge on any atom is -0.397 e. The molecule has 10 nitrogen and oxygen atoms in total. The van der Waals surface area contributed by atoms with Crippen LogP contribution in [0.15, 0.2) is 21.7 Å². The Balaban J connectivity index is 2.57. The van der Waals surface area contributed by atoms with Gasteiger partial charge in [-0.2, -0.15) is 0 Å². The van der Waals surface area contributed by atoms with Gasteiger partial charge in [0.15, 0.2) is 5.76 Å². The van der Waals surface area contributed by atoms with E-state index >= 15 is 0 Å². The minimum absolute atomic E-state index is 0.0379. The van der Waals surface area contributed by atoms with Crippen molar-refractivity contribution < 1.29 is 17.8 Å². The molecule has 0 saturated carbocycles. The van der Waals surface area contributed by atoms with Gasteiger partial charge in [-0.15, -0.1) is 10.2 Å². The van der Waals surface area contributed by atoms with Crippen LogP contribution in [-0.2, 0) is 16.6 Å². The summed E-state index contributed by atoms with van der Waals surface area (Å²) in [6.07, 6.45) is 0. The number of hydrogen-bond donors (Lipinski definition) is 1. The van der Waals surface area contributed by atoms with Gasteiger partial charge < -0.3 is 4.42 Å². The minimum atomic E-state index is -4.03. The van der Waals surface area contributed by atoms with E-state index < -0.39 is 26.0 Å². The van der Waals surface area contributed by atoms with Crippen molar-refractivity contribution in [1.82, 2.24) is 14.8 Å². The molecule has 102 valence electrons. The van der Waals surface area contributed by atoms with Crippen molar-refractivity contribution in [2.75, 3.05) is 0 Å². The summed E-state index contributed by atoms with van der Waals surface area (Å²) in [5.41, 5.74) is 0. The van der Waals surface area contributed by atoms with Crippen molar-refractivity contribution in [1.29, 1.82) is 0 Å². The van der Waals surface area contributed by atoms with Crippen LogP contribution in [0, 0.1) is 10.1 Å². The highest BCUT2D eigenvalue weighted by Crippen LogP contribution is 2.25. The Hall–Kier alpha value is -2.27. The van der Waals surface area contributed by atoms with Crippen LogP contribution in [-0.4, -0.2) is 28.1 Å². The van der Waals surface area contributed by atoms with Crippen LogP contribution in [0.4, 0.5) is 5.88 Å². The quantitative estimate of drug-likeness (QED) is 0.619. The molecule has 2 N–H and O–H groups in total. The summed E-state index contributed by atoms with van der Waals surface area (Å²) in [4.78, 5) is 9.81. The Morgan fingerprint density at radius 1 is 1.47 bits per heavy atom. The highest BCUT2D eigenvalue weighted by Gasteiger charge is 2.24. The van der Waals surface area contributed by atoms with Gasteiger partial charge in [0.2, 0.25) is 5.82 Å². The van der Waals surface area contributed by atoms with Gasteiger partial charge in [0.1, 0.15) is 4.92 Å². The highest BCUT2D eigenvalue weighted by molar-refractivity contribution is 7.89. The van der Waals surface area contributed by atoms with Crippen molar-refractivity contribution >= 4 is 15.9 Å². The van der Waals surface area contributed by atoms with Crippen LogP contribution in [0.5, 0.6) is 0 Å². The first-order valence-electron chi connectivity index (χ1n) is 5.05. The van der Waals surface area contributed by atoms with Crippen LogP contribution < -0.4 is 5.14 Å². The van der Waals surface area contributed by atoms with E-state index in [-0.39, 0.29) is 18.1 Å². The van der Waals surface area contributed by atoms with E-state index in [1.165, 1.54) is 10.6 Å². The maximum Gasteiger partial charge on any atom is 0.433 e. The molecule has 0 atom stereocenters. The molecule has 2 rings (SSSR count). The van der Waals surface area contributed by atoms with E-state index in [4.69, 9.17) is 9.56 Å². The number of nitrogens with zero attached hydrogens (tertiary/aromatic N) is 4. The summed E-state index contributed by atoms with van der Waals surface area (Å²) < 4.78 is 28.7. The molecule has 2 heterocycles. The lowest BCUT2D eigenvalue weighted by atomic mass is 10.4. The standard InChI is InChI=1S/C8H9N5O5S/c1-2-12-7(10-11-8(12)19(9,16)17)5-3-4-6(18-5)13(14)15/h3-4H,2H2,1H3,(H2,9,16,17). The molecule has 0 spiro atoms. The molecule has 11 heteroatoms. The number of rotatable bonds is 4. The molecule has 2 aromatic rings. The Morgan fingerprint density at radius 2 is 2.16 bits per heavy atom. The maximum absolute atomic E-state index is 11.3.